The van der Waals surface area contributed by atoms with E-state index in [1.165, 1.54) is 25.7 Å². The van der Waals surface area contributed by atoms with E-state index in [0.29, 0.717) is 12.8 Å². The van der Waals surface area contributed by atoms with Crippen LogP contribution in [0.3, 0.4) is 0 Å². The molecule has 0 spiro atoms. The molecule has 1 rings (SSSR count). The fourth-order valence-corrected chi connectivity index (χ4v) is 2.05. The third kappa shape index (κ3) is 11.8. The van der Waals surface area contributed by atoms with Gasteiger partial charge in [0.15, 0.2) is 0 Å². The molecular weight excluding hydrogens is 256 g/mol. The lowest BCUT2D eigenvalue weighted by molar-refractivity contribution is -0.152. The van der Waals surface area contributed by atoms with Crippen LogP contribution in [0.15, 0.2) is 13.2 Å². The Kier molecular flexibility index (Phi) is 13.2. The molecule has 0 N–H and O–H groups in total. The van der Waals surface area contributed by atoms with Crippen molar-refractivity contribution in [3.8, 4) is 0 Å². The molecule has 0 bridgehead atoms. The third-order valence-corrected chi connectivity index (χ3v) is 3.12. The molecule has 4 heteroatoms. The molecule has 0 aromatic rings. The fraction of sp³-hybridized carbons (Fsp3) is 0.750. The summed E-state index contributed by atoms with van der Waals surface area (Å²) in [7, 11) is 0. The predicted molar refractivity (Wildman–Crippen MR) is 79.3 cm³/mol. The highest BCUT2D eigenvalue weighted by Crippen LogP contribution is 2.11. The number of carbonyl (C=O) groups excluding carboxylic acids is 2. The Morgan fingerprint density at radius 1 is 0.600 bits per heavy atom. The second-order valence-electron chi connectivity index (χ2n) is 4.77. The molecule has 20 heavy (non-hydrogen) atoms. The summed E-state index contributed by atoms with van der Waals surface area (Å²) in [6, 6.07) is 0. The zero-order valence-corrected chi connectivity index (χ0v) is 12.5. The number of rotatable bonds is 0. The normalized spacial score (nSPS) is 20.0. The first-order chi connectivity index (χ1) is 9.79. The van der Waals surface area contributed by atoms with Crippen molar-refractivity contribution in [1.82, 2.24) is 0 Å². The van der Waals surface area contributed by atoms with Crippen molar-refractivity contribution in [2.75, 3.05) is 13.2 Å². The van der Waals surface area contributed by atoms with Gasteiger partial charge in [-0.05, 0) is 12.8 Å². The van der Waals surface area contributed by atoms with E-state index in [0.717, 1.165) is 25.7 Å². The molecule has 0 aromatic carbocycles. The molecule has 0 saturated carbocycles. The maximum absolute atomic E-state index is 11.3. The van der Waals surface area contributed by atoms with Gasteiger partial charge in [0.05, 0.1) is 0 Å². The Labute approximate surface area is 122 Å². The average Bonchev–Trinajstić information content (AvgIpc) is 2.46. The van der Waals surface area contributed by atoms with Gasteiger partial charge in [0.2, 0.25) is 0 Å². The fourth-order valence-electron chi connectivity index (χ4n) is 2.05. The zero-order chi connectivity index (χ0) is 15.1. The van der Waals surface area contributed by atoms with E-state index in [1.807, 2.05) is 0 Å². The molecule has 0 amide bonds. The summed E-state index contributed by atoms with van der Waals surface area (Å²) in [5.41, 5.74) is 0. The Bertz CT molecular complexity index is 237. The Morgan fingerprint density at radius 3 is 1.25 bits per heavy atom. The van der Waals surface area contributed by atoms with Gasteiger partial charge in [-0.1, -0.05) is 38.5 Å². The minimum atomic E-state index is -0.182. The lowest BCUT2D eigenvalue weighted by Crippen LogP contribution is -2.13. The largest absolute Gasteiger partial charge is 0.462 e. The summed E-state index contributed by atoms with van der Waals surface area (Å²) in [5.74, 6) is -0.365. The zero-order valence-electron chi connectivity index (χ0n) is 12.5. The van der Waals surface area contributed by atoms with Crippen molar-refractivity contribution in [3.63, 3.8) is 0 Å². The Hall–Kier alpha value is -1.32. The summed E-state index contributed by atoms with van der Waals surface area (Å²) in [6.07, 6.45) is 9.79. The molecule has 0 radical (unpaired) electrons. The number of ether oxygens (including phenoxy) is 2. The van der Waals surface area contributed by atoms with Crippen molar-refractivity contribution in [2.45, 2.75) is 64.2 Å². The molecule has 0 aromatic heterocycles. The molecule has 4 nitrogen and oxygen atoms in total. The maximum atomic E-state index is 11.3. The van der Waals surface area contributed by atoms with Gasteiger partial charge in [-0.25, -0.2) is 0 Å². The van der Waals surface area contributed by atoms with E-state index in [9.17, 15) is 9.59 Å². The summed E-state index contributed by atoms with van der Waals surface area (Å²) >= 11 is 0. The monoisotopic (exact) mass is 284 g/mol. The van der Waals surface area contributed by atoms with Crippen LogP contribution in [0, 0.1) is 0 Å². The van der Waals surface area contributed by atoms with Crippen molar-refractivity contribution >= 4 is 11.9 Å². The van der Waals surface area contributed by atoms with Crippen molar-refractivity contribution in [3.05, 3.63) is 13.2 Å². The highest BCUT2D eigenvalue weighted by atomic mass is 16.6. The average molecular weight is 284 g/mol. The van der Waals surface area contributed by atoms with Crippen LogP contribution in [0.1, 0.15) is 64.2 Å². The van der Waals surface area contributed by atoms with Gasteiger partial charge in [-0.3, -0.25) is 9.59 Å². The first kappa shape index (κ1) is 18.7. The summed E-state index contributed by atoms with van der Waals surface area (Å²) in [4.78, 5) is 22.6. The smallest absolute Gasteiger partial charge is 0.305 e. The van der Waals surface area contributed by atoms with Crippen molar-refractivity contribution in [1.29, 1.82) is 0 Å². The molecule has 1 saturated heterocycles. The van der Waals surface area contributed by atoms with E-state index in [-0.39, 0.29) is 25.2 Å². The number of carbonyl (C=O) groups is 2. The molecule has 0 aliphatic carbocycles. The molecule has 116 valence electrons. The minimum Gasteiger partial charge on any atom is -0.462 e. The van der Waals surface area contributed by atoms with Gasteiger partial charge in [0, 0.05) is 12.8 Å². The Morgan fingerprint density at radius 2 is 0.900 bits per heavy atom. The summed E-state index contributed by atoms with van der Waals surface area (Å²) in [5, 5.41) is 0. The quantitative estimate of drug-likeness (QED) is 0.501. The lowest BCUT2D eigenvalue weighted by Gasteiger charge is -2.07. The van der Waals surface area contributed by atoms with Gasteiger partial charge in [0.1, 0.15) is 13.2 Å². The molecule has 1 heterocycles. The molecule has 1 aliphatic heterocycles. The van der Waals surface area contributed by atoms with E-state index in [1.54, 1.807) is 0 Å². The molecule has 1 fully saturated rings. The van der Waals surface area contributed by atoms with Crippen LogP contribution in [-0.2, 0) is 19.1 Å². The van der Waals surface area contributed by atoms with Crippen LogP contribution in [0.2, 0.25) is 0 Å². The van der Waals surface area contributed by atoms with Crippen LogP contribution in [0.4, 0.5) is 0 Å². The maximum Gasteiger partial charge on any atom is 0.305 e. The molecular formula is C16H28O4. The second kappa shape index (κ2) is 14.1. The van der Waals surface area contributed by atoms with Gasteiger partial charge in [-0.2, -0.15) is 0 Å². The second-order valence-corrected chi connectivity index (χ2v) is 4.77. The van der Waals surface area contributed by atoms with Crippen LogP contribution in [0.5, 0.6) is 0 Å². The highest BCUT2D eigenvalue weighted by molar-refractivity contribution is 5.70. The van der Waals surface area contributed by atoms with Gasteiger partial charge < -0.3 is 9.47 Å². The van der Waals surface area contributed by atoms with Gasteiger partial charge in [-0.15, -0.1) is 13.2 Å². The SMILES string of the molecule is C=C.O=C1CCCCCCCCCCC(=O)OCCO1. The number of cyclic esters (lactones) is 2. The molecule has 0 atom stereocenters. The van der Waals surface area contributed by atoms with Crippen molar-refractivity contribution in [2.24, 2.45) is 0 Å². The third-order valence-electron chi connectivity index (χ3n) is 3.12. The first-order valence-corrected chi connectivity index (χ1v) is 7.60. The lowest BCUT2D eigenvalue weighted by atomic mass is 10.1. The number of hydrogen-bond acceptors (Lipinski definition) is 4. The summed E-state index contributed by atoms with van der Waals surface area (Å²) in [6.45, 7) is 6.37. The van der Waals surface area contributed by atoms with Gasteiger partial charge in [0.25, 0.3) is 0 Å². The van der Waals surface area contributed by atoms with Crippen molar-refractivity contribution < 1.29 is 19.1 Å². The van der Waals surface area contributed by atoms with Crippen LogP contribution < -0.4 is 0 Å². The summed E-state index contributed by atoms with van der Waals surface area (Å²) < 4.78 is 9.95. The molecule has 0 unspecified atom stereocenters. The standard InChI is InChI=1S/C14H24O4.C2H4/c15-13-9-7-5-3-1-2-4-6-8-10-14(16)18-12-11-17-13;1-2/h1-12H2;1-2H2. The number of hydrogen-bond donors (Lipinski definition) is 0. The van der Waals surface area contributed by atoms with Crippen LogP contribution >= 0.6 is 0 Å². The topological polar surface area (TPSA) is 52.6 Å². The first-order valence-electron chi connectivity index (χ1n) is 7.60. The van der Waals surface area contributed by atoms with Crippen LogP contribution in [-0.4, -0.2) is 25.2 Å². The van der Waals surface area contributed by atoms with E-state index >= 15 is 0 Å². The molecule has 1 aliphatic rings. The van der Waals surface area contributed by atoms with Gasteiger partial charge >= 0.3 is 11.9 Å². The number of esters is 2. The van der Waals surface area contributed by atoms with E-state index in [4.69, 9.17) is 9.47 Å². The minimum absolute atomic E-state index is 0.182. The van der Waals surface area contributed by atoms with E-state index < -0.39 is 0 Å². The highest BCUT2D eigenvalue weighted by Gasteiger charge is 2.06. The van der Waals surface area contributed by atoms with Crippen LogP contribution in [0.25, 0.3) is 0 Å². The Balaban J connectivity index is 0.00000172. The van der Waals surface area contributed by atoms with E-state index in [2.05, 4.69) is 13.2 Å². The predicted octanol–water partition coefficient (Wildman–Crippen LogP) is 3.79.